The largest absolute Gasteiger partial charge is 0.343 e. The smallest absolute Gasteiger partial charge is 0.222 e. The van der Waals surface area contributed by atoms with Crippen LogP contribution in [0.4, 0.5) is 0 Å². The van der Waals surface area contributed by atoms with Gasteiger partial charge in [0.05, 0.1) is 0 Å². The zero-order valence-electron chi connectivity index (χ0n) is 11.1. The normalized spacial score (nSPS) is 15.5. The highest BCUT2D eigenvalue weighted by Gasteiger charge is 2.18. The van der Waals surface area contributed by atoms with Gasteiger partial charge < -0.3 is 4.90 Å². The van der Waals surface area contributed by atoms with Crippen molar-refractivity contribution in [3.8, 4) is 0 Å². The van der Waals surface area contributed by atoms with Crippen molar-refractivity contribution < 1.29 is 4.79 Å². The van der Waals surface area contributed by atoms with Crippen LogP contribution in [0.15, 0.2) is 12.7 Å². The van der Waals surface area contributed by atoms with E-state index in [0.717, 1.165) is 32.4 Å². The number of amides is 1. The molecule has 98 valence electrons. The lowest BCUT2D eigenvalue weighted by Gasteiger charge is -2.14. The molecule has 2 heteroatoms. The minimum Gasteiger partial charge on any atom is -0.343 e. The summed E-state index contributed by atoms with van der Waals surface area (Å²) in [5.74, 6) is 0.370. The summed E-state index contributed by atoms with van der Waals surface area (Å²) in [7, 11) is 0. The molecule has 0 aromatic rings. The highest BCUT2D eigenvalue weighted by atomic mass is 16.2. The Bertz CT molecular complexity index is 225. The lowest BCUT2D eigenvalue weighted by molar-refractivity contribution is -0.127. The van der Waals surface area contributed by atoms with Crippen molar-refractivity contribution in [3.63, 3.8) is 0 Å². The molecule has 1 fully saturated rings. The second kappa shape index (κ2) is 9.26. The fraction of sp³-hybridized carbons (Fsp3) is 0.800. The molecule has 0 unspecified atom stereocenters. The minimum atomic E-state index is 0.370. The van der Waals surface area contributed by atoms with Crippen LogP contribution >= 0.6 is 0 Å². The summed E-state index contributed by atoms with van der Waals surface area (Å²) >= 11 is 0. The van der Waals surface area contributed by atoms with Crippen molar-refractivity contribution >= 4 is 5.91 Å². The van der Waals surface area contributed by atoms with Gasteiger partial charge in [-0.2, -0.15) is 0 Å². The van der Waals surface area contributed by atoms with Crippen molar-refractivity contribution in [3.05, 3.63) is 12.7 Å². The molecule has 0 bridgehead atoms. The Morgan fingerprint density at radius 3 is 2.29 bits per heavy atom. The van der Waals surface area contributed by atoms with E-state index in [-0.39, 0.29) is 0 Å². The van der Waals surface area contributed by atoms with Gasteiger partial charge >= 0.3 is 0 Å². The molecule has 1 aliphatic rings. The molecule has 2 nitrogen and oxygen atoms in total. The maximum Gasteiger partial charge on any atom is 0.222 e. The number of nitrogens with zero attached hydrogens (tertiary/aromatic N) is 1. The Kier molecular flexibility index (Phi) is 7.78. The fourth-order valence-electron chi connectivity index (χ4n) is 2.42. The van der Waals surface area contributed by atoms with Gasteiger partial charge in [0, 0.05) is 19.5 Å². The van der Waals surface area contributed by atoms with E-state index in [9.17, 15) is 4.79 Å². The predicted molar refractivity (Wildman–Crippen MR) is 72.9 cm³/mol. The quantitative estimate of drug-likeness (QED) is 0.416. The zero-order chi connectivity index (χ0) is 12.3. The molecule has 1 rings (SSSR count). The van der Waals surface area contributed by atoms with Crippen LogP contribution in [0.5, 0.6) is 0 Å². The zero-order valence-corrected chi connectivity index (χ0v) is 11.1. The number of carbonyl (C=O) groups is 1. The van der Waals surface area contributed by atoms with E-state index in [0.29, 0.717) is 5.91 Å². The average Bonchev–Trinajstić information content (AvgIpc) is 2.73. The van der Waals surface area contributed by atoms with Crippen molar-refractivity contribution in [1.29, 1.82) is 0 Å². The van der Waals surface area contributed by atoms with E-state index in [4.69, 9.17) is 0 Å². The van der Waals surface area contributed by atoms with Gasteiger partial charge in [0.25, 0.3) is 0 Å². The van der Waals surface area contributed by atoms with Gasteiger partial charge in [-0.3, -0.25) is 4.79 Å². The molecule has 0 aromatic carbocycles. The van der Waals surface area contributed by atoms with Crippen molar-refractivity contribution in [2.45, 2.75) is 64.2 Å². The van der Waals surface area contributed by atoms with Crippen LogP contribution < -0.4 is 0 Å². The molecular formula is C15H27NO. The second-order valence-corrected chi connectivity index (χ2v) is 5.04. The Morgan fingerprint density at radius 1 is 1.06 bits per heavy atom. The lowest BCUT2D eigenvalue weighted by Crippen LogP contribution is -2.25. The molecule has 0 aromatic heterocycles. The lowest BCUT2D eigenvalue weighted by atomic mass is 10.1. The van der Waals surface area contributed by atoms with E-state index >= 15 is 0 Å². The molecular weight excluding hydrogens is 210 g/mol. The first-order chi connectivity index (χ1) is 8.34. The molecule has 0 aliphatic carbocycles. The van der Waals surface area contributed by atoms with E-state index in [1.165, 1.54) is 44.9 Å². The Morgan fingerprint density at radius 2 is 1.71 bits per heavy atom. The monoisotopic (exact) mass is 237 g/mol. The van der Waals surface area contributed by atoms with Crippen LogP contribution in [0.1, 0.15) is 64.2 Å². The first-order valence-corrected chi connectivity index (χ1v) is 7.23. The number of likely N-dealkylation sites (tertiary alicyclic amines) is 1. The van der Waals surface area contributed by atoms with Crippen molar-refractivity contribution in [2.75, 3.05) is 13.1 Å². The Balaban J connectivity index is 1.81. The maximum atomic E-state index is 11.4. The number of hydrogen-bond donors (Lipinski definition) is 0. The highest BCUT2D eigenvalue weighted by molar-refractivity contribution is 5.77. The number of hydrogen-bond acceptors (Lipinski definition) is 1. The first-order valence-electron chi connectivity index (χ1n) is 7.23. The third-order valence-electron chi connectivity index (χ3n) is 3.51. The van der Waals surface area contributed by atoms with E-state index in [1.54, 1.807) is 0 Å². The van der Waals surface area contributed by atoms with Crippen LogP contribution in [0.2, 0.25) is 0 Å². The molecule has 0 spiro atoms. The Labute approximate surface area is 106 Å². The van der Waals surface area contributed by atoms with Crippen LogP contribution in [-0.4, -0.2) is 23.9 Å². The maximum absolute atomic E-state index is 11.4. The van der Waals surface area contributed by atoms with E-state index in [2.05, 4.69) is 6.58 Å². The fourth-order valence-corrected chi connectivity index (χ4v) is 2.42. The number of unbranched alkanes of at least 4 members (excludes halogenated alkanes) is 7. The molecule has 17 heavy (non-hydrogen) atoms. The summed E-state index contributed by atoms with van der Waals surface area (Å²) in [5.41, 5.74) is 0. The summed E-state index contributed by atoms with van der Waals surface area (Å²) in [5, 5.41) is 0. The third-order valence-corrected chi connectivity index (χ3v) is 3.51. The SMILES string of the molecule is C=CCCCCCCCCCN1CCCC1=O. The summed E-state index contributed by atoms with van der Waals surface area (Å²) < 4.78 is 0. The molecule has 1 heterocycles. The van der Waals surface area contributed by atoms with Crippen molar-refractivity contribution in [1.82, 2.24) is 4.90 Å². The number of rotatable bonds is 10. The van der Waals surface area contributed by atoms with Gasteiger partial charge in [-0.05, 0) is 25.7 Å². The number of carbonyl (C=O) groups excluding carboxylic acids is 1. The molecule has 0 saturated carbocycles. The van der Waals surface area contributed by atoms with Crippen LogP contribution in [0.3, 0.4) is 0 Å². The van der Waals surface area contributed by atoms with Gasteiger partial charge in [0.1, 0.15) is 0 Å². The molecule has 1 amide bonds. The molecule has 0 atom stereocenters. The van der Waals surface area contributed by atoms with Crippen LogP contribution in [-0.2, 0) is 4.79 Å². The third kappa shape index (κ3) is 6.50. The summed E-state index contributed by atoms with van der Waals surface area (Å²) in [6.45, 7) is 5.73. The predicted octanol–water partition coefficient (Wildman–Crippen LogP) is 3.92. The average molecular weight is 237 g/mol. The summed E-state index contributed by atoms with van der Waals surface area (Å²) in [6, 6.07) is 0. The van der Waals surface area contributed by atoms with Gasteiger partial charge in [0.15, 0.2) is 0 Å². The summed E-state index contributed by atoms with van der Waals surface area (Å²) in [4.78, 5) is 13.4. The molecule has 0 N–H and O–H groups in total. The summed E-state index contributed by atoms with van der Waals surface area (Å²) in [6.07, 6.45) is 14.2. The molecule has 1 saturated heterocycles. The van der Waals surface area contributed by atoms with Gasteiger partial charge in [-0.15, -0.1) is 6.58 Å². The van der Waals surface area contributed by atoms with Gasteiger partial charge in [-0.25, -0.2) is 0 Å². The van der Waals surface area contributed by atoms with Gasteiger partial charge in [0.2, 0.25) is 5.91 Å². The Hall–Kier alpha value is -0.790. The standard InChI is InChI=1S/C15H27NO/c1-2-3-4-5-6-7-8-9-10-13-16-14-11-12-15(16)17/h2H,1,3-14H2. The van der Waals surface area contributed by atoms with Gasteiger partial charge in [-0.1, -0.05) is 38.2 Å². The van der Waals surface area contributed by atoms with Crippen LogP contribution in [0.25, 0.3) is 0 Å². The number of allylic oxidation sites excluding steroid dienone is 1. The van der Waals surface area contributed by atoms with Crippen LogP contribution in [0, 0.1) is 0 Å². The second-order valence-electron chi connectivity index (χ2n) is 5.04. The molecule has 1 aliphatic heterocycles. The van der Waals surface area contributed by atoms with E-state index < -0.39 is 0 Å². The topological polar surface area (TPSA) is 20.3 Å². The highest BCUT2D eigenvalue weighted by Crippen LogP contribution is 2.12. The first kappa shape index (κ1) is 14.3. The molecule has 0 radical (unpaired) electrons. The van der Waals surface area contributed by atoms with Crippen molar-refractivity contribution in [2.24, 2.45) is 0 Å². The van der Waals surface area contributed by atoms with E-state index in [1.807, 2.05) is 11.0 Å². The minimum absolute atomic E-state index is 0.370.